The van der Waals surface area contributed by atoms with E-state index in [2.05, 4.69) is 25.8 Å². The summed E-state index contributed by atoms with van der Waals surface area (Å²) < 4.78 is 10.8. The van der Waals surface area contributed by atoms with Crippen LogP contribution in [0.25, 0.3) is 10.9 Å². The number of ether oxygens (including phenoxy) is 2. The molecule has 10 nitrogen and oxygen atoms in total. The van der Waals surface area contributed by atoms with Gasteiger partial charge >= 0.3 is 5.97 Å². The summed E-state index contributed by atoms with van der Waals surface area (Å²) >= 11 is 6.28. The van der Waals surface area contributed by atoms with E-state index in [1.807, 2.05) is 44.2 Å². The molecule has 1 aromatic heterocycles. The number of carbonyl (C=O) groups excluding carboxylic acids is 3. The van der Waals surface area contributed by atoms with Crippen molar-refractivity contribution >= 4 is 40.3 Å². The normalized spacial score (nSPS) is 15.2. The number of aromatic nitrogens is 1. The minimum Gasteiger partial charge on any atom is -0.461 e. The van der Waals surface area contributed by atoms with Crippen LogP contribution in [-0.4, -0.2) is 79.7 Å². The van der Waals surface area contributed by atoms with E-state index in [1.54, 1.807) is 25.1 Å². The molecule has 0 radical (unpaired) electrons. The molecule has 1 aliphatic rings. The van der Waals surface area contributed by atoms with Crippen LogP contribution in [0.15, 0.2) is 48.5 Å². The third-order valence-electron chi connectivity index (χ3n) is 7.59. The summed E-state index contributed by atoms with van der Waals surface area (Å²) in [7, 11) is 0. The standard InChI is InChI=1S/C33H44ClN5O5/c1-4-44-33(42)30-28(25-12-11-24(34)20-26(25)37-30)29(32(41)36-21-23-9-6-5-7-10-23)38-27(19-22(2)3)31(40)35-13-8-14-39-15-17-43-18-16-39/h5-7,9-12,20,22,27,29,37-38H,4,8,13-19,21H2,1-3H3,(H,35,40)(H,36,41)/t27-,29?/m1/s1. The Morgan fingerprint density at radius 3 is 2.50 bits per heavy atom. The Bertz CT molecular complexity index is 1390. The second-order valence-electron chi connectivity index (χ2n) is 11.4. The Morgan fingerprint density at radius 1 is 1.05 bits per heavy atom. The van der Waals surface area contributed by atoms with Crippen LogP contribution >= 0.6 is 11.6 Å². The van der Waals surface area contributed by atoms with Crippen molar-refractivity contribution in [3.8, 4) is 0 Å². The van der Waals surface area contributed by atoms with Crippen LogP contribution < -0.4 is 16.0 Å². The summed E-state index contributed by atoms with van der Waals surface area (Å²) in [5.41, 5.74) is 2.07. The lowest BCUT2D eigenvalue weighted by molar-refractivity contribution is -0.126. The molecule has 2 heterocycles. The zero-order valence-electron chi connectivity index (χ0n) is 25.8. The first-order valence-electron chi connectivity index (χ1n) is 15.4. The van der Waals surface area contributed by atoms with Gasteiger partial charge in [0.15, 0.2) is 0 Å². The number of hydrogen-bond acceptors (Lipinski definition) is 7. The molecule has 4 N–H and O–H groups in total. The molecule has 2 aromatic carbocycles. The molecular weight excluding hydrogens is 582 g/mol. The van der Waals surface area contributed by atoms with E-state index in [1.165, 1.54) is 0 Å². The highest BCUT2D eigenvalue weighted by molar-refractivity contribution is 6.31. The van der Waals surface area contributed by atoms with Crippen LogP contribution in [-0.2, 0) is 25.6 Å². The van der Waals surface area contributed by atoms with Crippen molar-refractivity contribution in [3.63, 3.8) is 0 Å². The molecule has 1 unspecified atom stereocenters. The average molecular weight is 626 g/mol. The van der Waals surface area contributed by atoms with Gasteiger partial charge in [0, 0.05) is 47.7 Å². The highest BCUT2D eigenvalue weighted by Crippen LogP contribution is 2.32. The van der Waals surface area contributed by atoms with Crippen molar-refractivity contribution in [2.45, 2.75) is 52.2 Å². The molecule has 2 amide bonds. The van der Waals surface area contributed by atoms with Gasteiger partial charge in [-0.05, 0) is 49.9 Å². The first-order valence-corrected chi connectivity index (χ1v) is 15.8. The van der Waals surface area contributed by atoms with Gasteiger partial charge in [-0.25, -0.2) is 4.79 Å². The number of carbonyl (C=O) groups is 3. The topological polar surface area (TPSA) is 125 Å². The monoisotopic (exact) mass is 625 g/mol. The molecule has 0 saturated carbocycles. The van der Waals surface area contributed by atoms with Crippen molar-refractivity contribution in [1.82, 2.24) is 25.8 Å². The van der Waals surface area contributed by atoms with Gasteiger partial charge < -0.3 is 25.1 Å². The summed E-state index contributed by atoms with van der Waals surface area (Å²) in [6.45, 7) is 10.9. The van der Waals surface area contributed by atoms with Crippen LogP contribution in [0.1, 0.15) is 61.3 Å². The van der Waals surface area contributed by atoms with Crippen LogP contribution in [0, 0.1) is 5.92 Å². The minimum atomic E-state index is -1.05. The summed E-state index contributed by atoms with van der Waals surface area (Å²) in [5.74, 6) is -0.998. The number of H-pyrrole nitrogens is 1. The van der Waals surface area contributed by atoms with E-state index in [-0.39, 0.29) is 36.6 Å². The second kappa shape index (κ2) is 16.6. The number of hydrogen-bond donors (Lipinski definition) is 4. The molecule has 0 bridgehead atoms. The zero-order valence-corrected chi connectivity index (χ0v) is 26.5. The molecule has 44 heavy (non-hydrogen) atoms. The number of fused-ring (bicyclic) bond motifs is 1. The van der Waals surface area contributed by atoms with Crippen LogP contribution in [0.2, 0.25) is 5.02 Å². The molecular formula is C33H44ClN5O5. The predicted octanol–water partition coefficient (Wildman–Crippen LogP) is 4.20. The van der Waals surface area contributed by atoms with Gasteiger partial charge in [0.05, 0.1) is 25.9 Å². The van der Waals surface area contributed by atoms with Gasteiger partial charge in [-0.15, -0.1) is 0 Å². The molecule has 11 heteroatoms. The van der Waals surface area contributed by atoms with Crippen LogP contribution in [0.5, 0.6) is 0 Å². The number of amides is 2. The number of morpholine rings is 1. The molecule has 0 spiro atoms. The molecule has 4 rings (SSSR count). The summed E-state index contributed by atoms with van der Waals surface area (Å²) in [5, 5.41) is 10.5. The molecule has 3 aromatic rings. The van der Waals surface area contributed by atoms with Gasteiger partial charge in [-0.1, -0.05) is 61.8 Å². The summed E-state index contributed by atoms with van der Waals surface area (Å²) in [6, 6.07) is 13.0. The molecule has 2 atom stereocenters. The largest absolute Gasteiger partial charge is 0.461 e. The zero-order chi connectivity index (χ0) is 31.5. The smallest absolute Gasteiger partial charge is 0.355 e. The molecule has 1 saturated heterocycles. The van der Waals surface area contributed by atoms with Crippen molar-refractivity contribution in [3.05, 3.63) is 70.4 Å². The van der Waals surface area contributed by atoms with Crippen molar-refractivity contribution in [2.75, 3.05) is 46.0 Å². The maximum absolute atomic E-state index is 14.0. The van der Waals surface area contributed by atoms with Gasteiger partial charge in [0.25, 0.3) is 0 Å². The van der Waals surface area contributed by atoms with E-state index < -0.39 is 18.1 Å². The third kappa shape index (κ3) is 9.28. The summed E-state index contributed by atoms with van der Waals surface area (Å²) in [4.78, 5) is 46.3. The second-order valence-corrected chi connectivity index (χ2v) is 11.8. The Kier molecular flexibility index (Phi) is 12.6. The van der Waals surface area contributed by atoms with E-state index in [9.17, 15) is 14.4 Å². The molecule has 1 aliphatic heterocycles. The lowest BCUT2D eigenvalue weighted by Gasteiger charge is -2.28. The fourth-order valence-corrected chi connectivity index (χ4v) is 5.59. The lowest BCUT2D eigenvalue weighted by Crippen LogP contribution is -2.50. The number of halogens is 1. The first-order chi connectivity index (χ1) is 21.3. The Morgan fingerprint density at radius 2 is 1.80 bits per heavy atom. The third-order valence-corrected chi connectivity index (χ3v) is 7.82. The Hall–Kier alpha value is -3.44. The minimum absolute atomic E-state index is 0.144. The van der Waals surface area contributed by atoms with Crippen LogP contribution in [0.3, 0.4) is 0 Å². The van der Waals surface area contributed by atoms with E-state index >= 15 is 0 Å². The quantitative estimate of drug-likeness (QED) is 0.147. The number of nitrogens with zero attached hydrogens (tertiary/aromatic N) is 1. The molecule has 238 valence electrons. The highest BCUT2D eigenvalue weighted by Gasteiger charge is 2.34. The van der Waals surface area contributed by atoms with Gasteiger partial charge in [0.1, 0.15) is 11.7 Å². The van der Waals surface area contributed by atoms with E-state index in [0.717, 1.165) is 44.8 Å². The number of benzene rings is 2. The Balaban J connectivity index is 1.62. The SMILES string of the molecule is CCOC(=O)c1[nH]c2cc(Cl)ccc2c1C(N[C@H](CC(C)C)C(=O)NCCCN1CCOCC1)C(=O)NCc1ccccc1. The predicted molar refractivity (Wildman–Crippen MR) is 172 cm³/mol. The van der Waals surface area contributed by atoms with E-state index in [0.29, 0.717) is 34.5 Å². The van der Waals surface area contributed by atoms with Crippen molar-refractivity contribution < 1.29 is 23.9 Å². The fourth-order valence-electron chi connectivity index (χ4n) is 5.42. The molecule has 0 aliphatic carbocycles. The number of esters is 1. The van der Waals surface area contributed by atoms with Gasteiger partial charge in [0.2, 0.25) is 11.8 Å². The maximum atomic E-state index is 14.0. The highest BCUT2D eigenvalue weighted by atomic mass is 35.5. The lowest BCUT2D eigenvalue weighted by atomic mass is 9.97. The van der Waals surface area contributed by atoms with Gasteiger partial charge in [-0.2, -0.15) is 0 Å². The summed E-state index contributed by atoms with van der Waals surface area (Å²) in [6.07, 6.45) is 1.29. The fraction of sp³-hybridized carbons (Fsp3) is 0.485. The first kappa shape index (κ1) is 33.5. The van der Waals surface area contributed by atoms with Crippen LogP contribution in [0.4, 0.5) is 0 Å². The Labute approximate surface area is 264 Å². The number of nitrogens with one attached hydrogen (secondary N) is 4. The maximum Gasteiger partial charge on any atom is 0.355 e. The van der Waals surface area contributed by atoms with Crippen molar-refractivity contribution in [2.24, 2.45) is 5.92 Å². The van der Waals surface area contributed by atoms with E-state index in [4.69, 9.17) is 21.1 Å². The molecule has 1 fully saturated rings. The number of rotatable bonds is 15. The van der Waals surface area contributed by atoms with Gasteiger partial charge in [-0.3, -0.25) is 19.8 Å². The number of aromatic amines is 1. The average Bonchev–Trinajstić information content (AvgIpc) is 3.39. The van der Waals surface area contributed by atoms with Crippen molar-refractivity contribution in [1.29, 1.82) is 0 Å².